The van der Waals surface area contributed by atoms with Crippen molar-refractivity contribution in [2.75, 3.05) is 6.54 Å². The SMILES string of the molecule is Cc1ccc(CNC(=O)C2CCC(CNCc3ccc(S(=O)(=O)c4ccc(F)cc4F)cc3)CC2)cc1. The van der Waals surface area contributed by atoms with Gasteiger partial charge in [0.2, 0.25) is 15.7 Å². The number of hydrogen-bond donors (Lipinski definition) is 2. The van der Waals surface area contributed by atoms with E-state index in [4.69, 9.17) is 0 Å². The smallest absolute Gasteiger partial charge is 0.223 e. The van der Waals surface area contributed by atoms with Gasteiger partial charge in [-0.1, -0.05) is 42.0 Å². The molecule has 0 unspecified atom stereocenters. The van der Waals surface area contributed by atoms with Crippen LogP contribution in [0.4, 0.5) is 8.78 Å². The predicted octanol–water partition coefficient (Wildman–Crippen LogP) is 5.32. The number of hydrogen-bond acceptors (Lipinski definition) is 4. The number of sulfone groups is 1. The molecule has 4 rings (SSSR count). The topological polar surface area (TPSA) is 75.3 Å². The van der Waals surface area contributed by atoms with E-state index in [0.29, 0.717) is 25.1 Å². The van der Waals surface area contributed by atoms with Gasteiger partial charge in [0.25, 0.3) is 0 Å². The lowest BCUT2D eigenvalue weighted by atomic mass is 9.81. The van der Waals surface area contributed by atoms with Crippen molar-refractivity contribution < 1.29 is 22.0 Å². The van der Waals surface area contributed by atoms with Crippen LogP contribution in [0.25, 0.3) is 0 Å². The molecule has 0 aromatic heterocycles. The minimum Gasteiger partial charge on any atom is -0.352 e. The molecule has 0 heterocycles. The van der Waals surface area contributed by atoms with Crippen LogP contribution in [0.2, 0.25) is 0 Å². The molecule has 0 atom stereocenters. The highest BCUT2D eigenvalue weighted by molar-refractivity contribution is 7.91. The fourth-order valence-electron chi connectivity index (χ4n) is 4.70. The lowest BCUT2D eigenvalue weighted by Gasteiger charge is -2.28. The lowest BCUT2D eigenvalue weighted by Crippen LogP contribution is -2.34. The Morgan fingerprint density at radius 1 is 0.865 bits per heavy atom. The molecule has 1 amide bonds. The van der Waals surface area contributed by atoms with E-state index in [1.807, 2.05) is 31.2 Å². The van der Waals surface area contributed by atoms with Gasteiger partial charge < -0.3 is 10.6 Å². The Morgan fingerprint density at radius 3 is 2.14 bits per heavy atom. The lowest BCUT2D eigenvalue weighted by molar-refractivity contribution is -0.126. The second-order valence-electron chi connectivity index (χ2n) is 9.77. The van der Waals surface area contributed by atoms with Gasteiger partial charge in [-0.05, 0) is 80.5 Å². The van der Waals surface area contributed by atoms with Crippen molar-refractivity contribution in [3.8, 4) is 0 Å². The average molecular weight is 527 g/mol. The standard InChI is InChI=1S/C29H32F2N2O3S/c1-20-2-4-23(5-3-20)19-33-29(34)24-10-6-21(7-11-24)17-32-18-22-8-13-26(14-9-22)37(35,36)28-15-12-25(30)16-27(28)31/h2-5,8-9,12-16,21,24,32H,6-7,10-11,17-19H2,1H3,(H,33,34). The van der Waals surface area contributed by atoms with E-state index in [1.54, 1.807) is 12.1 Å². The summed E-state index contributed by atoms with van der Waals surface area (Å²) in [5, 5.41) is 6.48. The Bertz CT molecular complexity index is 1320. The zero-order chi connectivity index (χ0) is 26.4. The van der Waals surface area contributed by atoms with Crippen LogP contribution in [0.1, 0.15) is 42.4 Å². The molecule has 196 valence electrons. The summed E-state index contributed by atoms with van der Waals surface area (Å²) in [6.45, 7) is 3.99. The normalized spacial score (nSPS) is 17.9. The number of nitrogens with one attached hydrogen (secondary N) is 2. The average Bonchev–Trinajstić information content (AvgIpc) is 2.89. The first kappa shape index (κ1) is 26.9. The Morgan fingerprint density at radius 2 is 1.49 bits per heavy atom. The highest BCUT2D eigenvalue weighted by atomic mass is 32.2. The van der Waals surface area contributed by atoms with Gasteiger partial charge in [-0.15, -0.1) is 0 Å². The molecule has 1 aliphatic rings. The summed E-state index contributed by atoms with van der Waals surface area (Å²) in [5.74, 6) is -1.26. The molecule has 3 aromatic carbocycles. The van der Waals surface area contributed by atoms with Crippen molar-refractivity contribution in [1.82, 2.24) is 10.6 Å². The summed E-state index contributed by atoms with van der Waals surface area (Å²) in [7, 11) is -4.07. The van der Waals surface area contributed by atoms with E-state index in [0.717, 1.165) is 55.5 Å². The molecule has 1 aliphatic carbocycles. The molecule has 1 saturated carbocycles. The van der Waals surface area contributed by atoms with Gasteiger partial charge in [0, 0.05) is 25.1 Å². The Kier molecular flexibility index (Phi) is 8.71. The van der Waals surface area contributed by atoms with Crippen LogP contribution >= 0.6 is 0 Å². The predicted molar refractivity (Wildman–Crippen MR) is 138 cm³/mol. The fourth-order valence-corrected chi connectivity index (χ4v) is 6.01. The van der Waals surface area contributed by atoms with Gasteiger partial charge in [-0.2, -0.15) is 0 Å². The van der Waals surface area contributed by atoms with Crippen LogP contribution in [0.5, 0.6) is 0 Å². The first-order chi connectivity index (χ1) is 17.7. The Labute approximate surface area is 217 Å². The van der Waals surface area contributed by atoms with Crippen LogP contribution in [0.15, 0.2) is 76.5 Å². The minimum absolute atomic E-state index is 0.0410. The molecule has 8 heteroatoms. The first-order valence-electron chi connectivity index (χ1n) is 12.6. The van der Waals surface area contributed by atoms with E-state index < -0.39 is 26.4 Å². The van der Waals surface area contributed by atoms with Crippen LogP contribution in [-0.2, 0) is 27.7 Å². The molecular formula is C29H32F2N2O3S. The molecule has 0 saturated heterocycles. The third kappa shape index (κ3) is 7.02. The van der Waals surface area contributed by atoms with Gasteiger partial charge in [0.1, 0.15) is 16.5 Å². The molecule has 0 spiro atoms. The molecule has 5 nitrogen and oxygen atoms in total. The third-order valence-electron chi connectivity index (χ3n) is 6.98. The summed E-state index contributed by atoms with van der Waals surface area (Å²) >= 11 is 0. The van der Waals surface area contributed by atoms with Gasteiger partial charge >= 0.3 is 0 Å². The summed E-state index contributed by atoms with van der Waals surface area (Å²) in [6, 6.07) is 16.9. The van der Waals surface area contributed by atoms with Gasteiger partial charge in [-0.3, -0.25) is 4.79 Å². The molecule has 3 aromatic rings. The van der Waals surface area contributed by atoms with E-state index in [2.05, 4.69) is 10.6 Å². The fraction of sp³-hybridized carbons (Fsp3) is 0.345. The third-order valence-corrected chi connectivity index (χ3v) is 8.79. The maximum Gasteiger partial charge on any atom is 0.223 e. The van der Waals surface area contributed by atoms with Crippen LogP contribution in [-0.4, -0.2) is 20.9 Å². The van der Waals surface area contributed by atoms with Crippen LogP contribution in [0.3, 0.4) is 0 Å². The Hall–Kier alpha value is -3.10. The quantitative estimate of drug-likeness (QED) is 0.370. The second kappa shape index (κ2) is 12.0. The van der Waals surface area contributed by atoms with Crippen molar-refractivity contribution in [3.63, 3.8) is 0 Å². The van der Waals surface area contributed by atoms with Gasteiger partial charge in [0.05, 0.1) is 4.90 Å². The monoisotopic (exact) mass is 526 g/mol. The van der Waals surface area contributed by atoms with Crippen molar-refractivity contribution >= 4 is 15.7 Å². The van der Waals surface area contributed by atoms with Crippen molar-refractivity contribution in [2.24, 2.45) is 11.8 Å². The van der Waals surface area contributed by atoms with Crippen molar-refractivity contribution in [3.05, 3.63) is 95.1 Å². The maximum absolute atomic E-state index is 14.0. The zero-order valence-electron chi connectivity index (χ0n) is 20.8. The van der Waals surface area contributed by atoms with E-state index in [1.165, 1.54) is 17.7 Å². The summed E-state index contributed by atoms with van der Waals surface area (Å²) < 4.78 is 52.5. The van der Waals surface area contributed by atoms with Crippen LogP contribution < -0.4 is 10.6 Å². The van der Waals surface area contributed by atoms with Crippen molar-refractivity contribution in [2.45, 2.75) is 55.5 Å². The van der Waals surface area contributed by atoms with E-state index in [9.17, 15) is 22.0 Å². The number of amides is 1. The molecule has 2 N–H and O–H groups in total. The molecule has 0 radical (unpaired) electrons. The largest absolute Gasteiger partial charge is 0.352 e. The number of aryl methyl sites for hydroxylation is 1. The molecular weight excluding hydrogens is 494 g/mol. The van der Waals surface area contributed by atoms with Crippen molar-refractivity contribution in [1.29, 1.82) is 0 Å². The second-order valence-corrected chi connectivity index (χ2v) is 11.7. The summed E-state index contributed by atoms with van der Waals surface area (Å²) in [6.07, 6.45) is 3.71. The highest BCUT2D eigenvalue weighted by Crippen LogP contribution is 2.29. The molecule has 0 aliphatic heterocycles. The van der Waals surface area contributed by atoms with Gasteiger partial charge in [0.15, 0.2) is 0 Å². The molecule has 1 fully saturated rings. The minimum atomic E-state index is -4.07. The molecule has 37 heavy (non-hydrogen) atoms. The highest BCUT2D eigenvalue weighted by Gasteiger charge is 2.26. The maximum atomic E-state index is 14.0. The number of carbonyl (C=O) groups excluding carboxylic acids is 1. The van der Waals surface area contributed by atoms with Gasteiger partial charge in [-0.25, -0.2) is 17.2 Å². The summed E-state index contributed by atoms with van der Waals surface area (Å²) in [4.78, 5) is 12.0. The molecule has 0 bridgehead atoms. The Balaban J connectivity index is 1.20. The van der Waals surface area contributed by atoms with E-state index >= 15 is 0 Å². The number of carbonyl (C=O) groups is 1. The summed E-state index contributed by atoms with van der Waals surface area (Å²) in [5.41, 5.74) is 3.21. The number of benzene rings is 3. The number of halogens is 2. The van der Waals surface area contributed by atoms with Crippen LogP contribution in [0, 0.1) is 30.4 Å². The van der Waals surface area contributed by atoms with E-state index in [-0.39, 0.29) is 16.7 Å². The number of rotatable bonds is 9. The zero-order valence-corrected chi connectivity index (χ0v) is 21.7. The first-order valence-corrected chi connectivity index (χ1v) is 14.0.